The molecule has 0 atom stereocenters. The van der Waals surface area contributed by atoms with E-state index >= 15 is 0 Å². The molecule has 5 aromatic rings. The minimum Gasteiger partial charge on any atom is -0.307 e. The summed E-state index contributed by atoms with van der Waals surface area (Å²) < 4.78 is 3.69. The molecule has 1 aliphatic rings. The first kappa shape index (κ1) is 29.6. The number of nitrogens with one attached hydrogen (secondary N) is 2. The van der Waals surface area contributed by atoms with E-state index in [1.54, 1.807) is 0 Å². The van der Waals surface area contributed by atoms with E-state index in [2.05, 4.69) is 29.6 Å². The highest BCUT2D eigenvalue weighted by Gasteiger charge is 2.20. The largest absolute Gasteiger partial charge is 0.356 e. The predicted octanol–water partition coefficient (Wildman–Crippen LogP) is 6.58. The maximum Gasteiger partial charge on any atom is 0.356 e. The van der Waals surface area contributed by atoms with Crippen molar-refractivity contribution in [1.29, 1.82) is 5.41 Å². The number of anilines is 1. The van der Waals surface area contributed by atoms with E-state index in [1.165, 1.54) is 36.0 Å². The van der Waals surface area contributed by atoms with Crippen LogP contribution in [-0.4, -0.2) is 25.8 Å². The Morgan fingerprint density at radius 3 is 2.36 bits per heavy atom. The molecule has 226 valence electrons. The summed E-state index contributed by atoms with van der Waals surface area (Å²) in [5.74, 6) is 0.592. The van der Waals surface area contributed by atoms with Gasteiger partial charge in [-0.2, -0.15) is 5.10 Å². The number of fused-ring (bicyclic) bond motifs is 6. The van der Waals surface area contributed by atoms with Gasteiger partial charge in [0, 0.05) is 43.8 Å². The molecule has 2 N–H and O–H groups in total. The third kappa shape index (κ3) is 6.54. The molecule has 8 heteroatoms. The molecule has 44 heavy (non-hydrogen) atoms. The summed E-state index contributed by atoms with van der Waals surface area (Å²) in [4.78, 5) is 17.5. The molecule has 0 radical (unpaired) electrons. The number of aromatic nitrogens is 5. The molecule has 0 spiro atoms. The molecule has 3 aromatic heterocycles. The number of carbonyl (C=O) groups is 1. The van der Waals surface area contributed by atoms with Crippen LogP contribution < -0.4 is 15.3 Å². The first-order valence-corrected chi connectivity index (χ1v) is 16.1. The van der Waals surface area contributed by atoms with E-state index in [4.69, 9.17) is 20.6 Å². The standard InChI is InChI=1S/C36H41N7O/c1-25-23-26(2)43-36(38-25)31-18-13-12-17-30(31)35(41-43)39-33(44)19-9-7-5-3-4-6-8-14-22-42-32(37)24-28-21-20-27-15-10-11-16-29(27)34(28)40-42/h10-13,15-18,23-24,37H,3-9,14,19-22H2,1-2H3/p+1. The zero-order chi connectivity index (χ0) is 30.5. The smallest absolute Gasteiger partial charge is 0.307 e. The van der Waals surface area contributed by atoms with Gasteiger partial charge in [-0.1, -0.05) is 90.6 Å². The SMILES string of the molecule is Cc1cc(C)[n+]2nc(NC(=O)CCCCCCCCCCn3nc4c(cc3=N)CCc3ccccc3-4)c3ccccc3c2n1. The number of nitrogens with zero attached hydrogens (tertiary/aromatic N) is 5. The summed E-state index contributed by atoms with van der Waals surface area (Å²) >= 11 is 0. The second-order valence-electron chi connectivity index (χ2n) is 12.1. The van der Waals surface area contributed by atoms with Crippen molar-refractivity contribution in [3.8, 4) is 11.3 Å². The van der Waals surface area contributed by atoms with Crippen LogP contribution in [-0.2, 0) is 24.2 Å². The molecular formula is C36H42N7O+. The van der Waals surface area contributed by atoms with Gasteiger partial charge in [-0.3, -0.25) is 10.2 Å². The highest BCUT2D eigenvalue weighted by atomic mass is 16.1. The number of carbonyl (C=O) groups excluding carboxylic acids is 1. The van der Waals surface area contributed by atoms with Crippen molar-refractivity contribution in [2.75, 3.05) is 5.32 Å². The highest BCUT2D eigenvalue weighted by Crippen LogP contribution is 2.30. The number of hydrogen-bond acceptors (Lipinski definition) is 5. The van der Waals surface area contributed by atoms with Crippen LogP contribution >= 0.6 is 0 Å². The maximum atomic E-state index is 12.8. The molecule has 8 nitrogen and oxygen atoms in total. The summed E-state index contributed by atoms with van der Waals surface area (Å²) in [5.41, 5.74) is 8.07. The fraction of sp³-hybridized carbons (Fsp3) is 0.389. The van der Waals surface area contributed by atoms with E-state index in [0.29, 0.717) is 17.7 Å². The molecule has 1 aliphatic carbocycles. The molecule has 0 saturated heterocycles. The summed E-state index contributed by atoms with van der Waals surface area (Å²) in [6, 6.07) is 20.5. The Hall–Kier alpha value is -4.46. The van der Waals surface area contributed by atoms with Gasteiger partial charge >= 0.3 is 5.65 Å². The first-order valence-electron chi connectivity index (χ1n) is 16.1. The van der Waals surface area contributed by atoms with Crippen molar-refractivity contribution >= 4 is 28.1 Å². The van der Waals surface area contributed by atoms with Gasteiger partial charge in [-0.25, -0.2) is 4.68 Å². The normalized spacial score (nSPS) is 12.3. The number of hydrogen-bond donors (Lipinski definition) is 2. The minimum atomic E-state index is 0.00543. The van der Waals surface area contributed by atoms with Crippen LogP contribution in [0.1, 0.15) is 80.3 Å². The van der Waals surface area contributed by atoms with Gasteiger partial charge in [0.15, 0.2) is 11.5 Å². The molecule has 0 bridgehead atoms. The van der Waals surface area contributed by atoms with Crippen LogP contribution in [0.3, 0.4) is 0 Å². The predicted molar refractivity (Wildman–Crippen MR) is 173 cm³/mol. The number of unbranched alkanes of at least 4 members (excludes halogenated alkanes) is 7. The second-order valence-corrected chi connectivity index (χ2v) is 12.1. The van der Waals surface area contributed by atoms with Gasteiger partial charge < -0.3 is 5.32 Å². The lowest BCUT2D eigenvalue weighted by molar-refractivity contribution is -0.587. The van der Waals surface area contributed by atoms with Gasteiger partial charge in [0.05, 0.1) is 11.1 Å². The molecule has 2 aromatic carbocycles. The van der Waals surface area contributed by atoms with Gasteiger partial charge in [0.25, 0.3) is 0 Å². The topological polar surface area (TPSA) is 101 Å². The van der Waals surface area contributed by atoms with Crippen LogP contribution in [0.5, 0.6) is 0 Å². The Kier molecular flexibility index (Phi) is 9.05. The summed E-state index contributed by atoms with van der Waals surface area (Å²) in [6.07, 6.45) is 11.3. The number of rotatable bonds is 12. The Labute approximate surface area is 258 Å². The van der Waals surface area contributed by atoms with Crippen LogP contribution in [0, 0.1) is 19.3 Å². The zero-order valence-corrected chi connectivity index (χ0v) is 25.9. The Balaban J connectivity index is 0.906. The molecule has 0 fully saturated rings. The average Bonchev–Trinajstić information content (AvgIpc) is 3.02. The lowest BCUT2D eigenvalue weighted by atomic mass is 9.89. The molecular weight excluding hydrogens is 546 g/mol. The molecule has 6 rings (SSSR count). The third-order valence-electron chi connectivity index (χ3n) is 8.69. The fourth-order valence-electron chi connectivity index (χ4n) is 6.38. The van der Waals surface area contributed by atoms with Crippen molar-refractivity contribution in [2.45, 2.75) is 91.0 Å². The molecule has 0 aliphatic heterocycles. The molecule has 3 heterocycles. The lowest BCUT2D eigenvalue weighted by Crippen LogP contribution is -2.33. The quantitative estimate of drug-likeness (QED) is 0.0977. The van der Waals surface area contributed by atoms with Crippen molar-refractivity contribution < 1.29 is 9.31 Å². The third-order valence-corrected chi connectivity index (χ3v) is 8.69. The molecule has 0 unspecified atom stereocenters. The summed E-state index contributed by atoms with van der Waals surface area (Å²) in [5, 5.41) is 23.0. The zero-order valence-electron chi connectivity index (χ0n) is 25.9. The van der Waals surface area contributed by atoms with Gasteiger partial charge in [0.1, 0.15) is 11.2 Å². The second kappa shape index (κ2) is 13.5. The monoisotopic (exact) mass is 588 g/mol. The molecule has 0 saturated carbocycles. The van der Waals surface area contributed by atoms with Crippen LogP contribution in [0.15, 0.2) is 60.7 Å². The number of aryl methyl sites for hydroxylation is 5. The van der Waals surface area contributed by atoms with E-state index < -0.39 is 0 Å². The number of amides is 1. The van der Waals surface area contributed by atoms with E-state index in [0.717, 1.165) is 85.0 Å². The number of benzene rings is 2. The van der Waals surface area contributed by atoms with Crippen LogP contribution in [0.25, 0.3) is 27.7 Å². The highest BCUT2D eigenvalue weighted by molar-refractivity contribution is 6.03. The van der Waals surface area contributed by atoms with E-state index in [-0.39, 0.29) is 5.91 Å². The summed E-state index contributed by atoms with van der Waals surface area (Å²) in [6.45, 7) is 4.78. The van der Waals surface area contributed by atoms with E-state index in [9.17, 15) is 4.79 Å². The minimum absolute atomic E-state index is 0.00543. The van der Waals surface area contributed by atoms with E-state index in [1.807, 2.05) is 59.4 Å². The van der Waals surface area contributed by atoms with Gasteiger partial charge in [0.2, 0.25) is 5.91 Å². The maximum absolute atomic E-state index is 12.8. The van der Waals surface area contributed by atoms with Crippen molar-refractivity contribution in [3.63, 3.8) is 0 Å². The van der Waals surface area contributed by atoms with Crippen molar-refractivity contribution in [1.82, 2.24) is 19.9 Å². The van der Waals surface area contributed by atoms with Crippen LogP contribution in [0.4, 0.5) is 5.82 Å². The average molecular weight is 589 g/mol. The van der Waals surface area contributed by atoms with Crippen LogP contribution in [0.2, 0.25) is 0 Å². The van der Waals surface area contributed by atoms with Crippen molar-refractivity contribution in [3.05, 3.63) is 88.7 Å². The van der Waals surface area contributed by atoms with Gasteiger partial charge in [-0.15, -0.1) is 0 Å². The summed E-state index contributed by atoms with van der Waals surface area (Å²) in [7, 11) is 0. The first-order chi connectivity index (χ1) is 21.5. The fourth-order valence-corrected chi connectivity index (χ4v) is 6.38. The Morgan fingerprint density at radius 2 is 1.55 bits per heavy atom. The van der Waals surface area contributed by atoms with Crippen molar-refractivity contribution in [2.24, 2.45) is 0 Å². The van der Waals surface area contributed by atoms with Gasteiger partial charge in [-0.05, 0) is 53.9 Å². The molecule has 1 amide bonds. The Bertz CT molecular complexity index is 1880. The lowest BCUT2D eigenvalue weighted by Gasteiger charge is -2.20. The Morgan fingerprint density at radius 1 is 0.864 bits per heavy atom.